The Morgan fingerprint density at radius 1 is 1.04 bits per heavy atom. The van der Waals surface area contributed by atoms with E-state index in [0.29, 0.717) is 36.0 Å². The maximum atomic E-state index is 12.6. The van der Waals surface area contributed by atoms with Gasteiger partial charge < -0.3 is 19.7 Å². The summed E-state index contributed by atoms with van der Waals surface area (Å²) in [6, 6.07) is 9.91. The Bertz CT molecular complexity index is 836. The van der Waals surface area contributed by atoms with Gasteiger partial charge in [0.05, 0.1) is 21.8 Å². The average molecular weight is 361 g/mol. The Balaban J connectivity index is 1.90. The van der Waals surface area contributed by atoms with Gasteiger partial charge in [-0.05, 0) is 18.2 Å². The van der Waals surface area contributed by atoms with Crippen LogP contribution in [0.3, 0.4) is 0 Å². The number of benzene rings is 2. The first-order valence-corrected chi connectivity index (χ1v) is 8.06. The second kappa shape index (κ2) is 7.03. The van der Waals surface area contributed by atoms with Crippen molar-refractivity contribution in [3.8, 4) is 11.5 Å². The SMILES string of the molecule is CN(C)C(=O)c1ccccc1NC(=O)c1cc2c(cc1Cl)OCCO2. The van der Waals surface area contributed by atoms with Crippen LogP contribution in [0.4, 0.5) is 5.69 Å². The zero-order chi connectivity index (χ0) is 18.0. The molecule has 6 nitrogen and oxygen atoms in total. The van der Waals surface area contributed by atoms with Crippen LogP contribution in [-0.2, 0) is 0 Å². The smallest absolute Gasteiger partial charge is 0.257 e. The van der Waals surface area contributed by atoms with Crippen LogP contribution in [0, 0.1) is 0 Å². The van der Waals surface area contributed by atoms with Gasteiger partial charge in [-0.3, -0.25) is 9.59 Å². The molecule has 2 amide bonds. The first-order valence-electron chi connectivity index (χ1n) is 7.68. The van der Waals surface area contributed by atoms with Crippen LogP contribution in [-0.4, -0.2) is 44.0 Å². The Morgan fingerprint density at radius 2 is 1.68 bits per heavy atom. The van der Waals surface area contributed by atoms with Gasteiger partial charge in [0.25, 0.3) is 11.8 Å². The first-order chi connectivity index (χ1) is 12.0. The van der Waals surface area contributed by atoms with Crippen molar-refractivity contribution in [2.45, 2.75) is 0 Å². The molecular weight excluding hydrogens is 344 g/mol. The van der Waals surface area contributed by atoms with E-state index in [2.05, 4.69) is 5.32 Å². The van der Waals surface area contributed by atoms with Crippen molar-refractivity contribution in [1.29, 1.82) is 0 Å². The normalized spacial score (nSPS) is 12.4. The summed E-state index contributed by atoms with van der Waals surface area (Å²) in [6.07, 6.45) is 0. The molecule has 3 rings (SSSR count). The molecule has 0 spiro atoms. The number of anilines is 1. The fourth-order valence-corrected chi connectivity index (χ4v) is 2.69. The van der Waals surface area contributed by atoms with Gasteiger partial charge in [-0.25, -0.2) is 0 Å². The number of hydrogen-bond donors (Lipinski definition) is 1. The highest BCUT2D eigenvalue weighted by molar-refractivity contribution is 6.34. The zero-order valence-corrected chi connectivity index (χ0v) is 14.6. The number of rotatable bonds is 3. The number of nitrogens with zero attached hydrogens (tertiary/aromatic N) is 1. The molecule has 0 saturated heterocycles. The molecule has 0 fully saturated rings. The molecule has 0 atom stereocenters. The lowest BCUT2D eigenvalue weighted by molar-refractivity contribution is 0.0828. The summed E-state index contributed by atoms with van der Waals surface area (Å²) in [4.78, 5) is 26.3. The number of halogens is 1. The number of fused-ring (bicyclic) bond motifs is 1. The predicted molar refractivity (Wildman–Crippen MR) is 94.9 cm³/mol. The third-order valence-electron chi connectivity index (χ3n) is 3.69. The highest BCUT2D eigenvalue weighted by Gasteiger charge is 2.21. The predicted octanol–water partition coefficient (Wildman–Crippen LogP) is 3.07. The third kappa shape index (κ3) is 3.53. The van der Waals surface area contributed by atoms with E-state index >= 15 is 0 Å². The van der Waals surface area contributed by atoms with Crippen molar-refractivity contribution in [2.24, 2.45) is 0 Å². The Kier molecular flexibility index (Phi) is 4.81. The maximum absolute atomic E-state index is 12.6. The van der Waals surface area contributed by atoms with Crippen LogP contribution in [0.5, 0.6) is 11.5 Å². The lowest BCUT2D eigenvalue weighted by Crippen LogP contribution is -2.24. The quantitative estimate of drug-likeness (QED) is 0.913. The average Bonchev–Trinajstić information content (AvgIpc) is 2.60. The van der Waals surface area contributed by atoms with E-state index in [4.69, 9.17) is 21.1 Å². The minimum atomic E-state index is -0.430. The molecule has 1 aliphatic heterocycles. The van der Waals surface area contributed by atoms with E-state index in [1.54, 1.807) is 50.5 Å². The Hall–Kier alpha value is -2.73. The van der Waals surface area contributed by atoms with E-state index in [9.17, 15) is 9.59 Å². The van der Waals surface area contributed by atoms with Gasteiger partial charge in [-0.15, -0.1) is 0 Å². The van der Waals surface area contributed by atoms with Gasteiger partial charge in [0.1, 0.15) is 13.2 Å². The minimum absolute atomic E-state index is 0.204. The van der Waals surface area contributed by atoms with Crippen molar-refractivity contribution in [3.63, 3.8) is 0 Å². The molecule has 0 bridgehead atoms. The molecule has 7 heteroatoms. The van der Waals surface area contributed by atoms with E-state index in [1.807, 2.05) is 0 Å². The van der Waals surface area contributed by atoms with Crippen LogP contribution in [0.25, 0.3) is 0 Å². The molecule has 0 aliphatic carbocycles. The molecule has 1 heterocycles. The van der Waals surface area contributed by atoms with Gasteiger partial charge in [0, 0.05) is 20.2 Å². The van der Waals surface area contributed by atoms with E-state index in [1.165, 1.54) is 4.90 Å². The van der Waals surface area contributed by atoms with E-state index in [0.717, 1.165) is 0 Å². The number of ether oxygens (including phenoxy) is 2. The number of hydrogen-bond acceptors (Lipinski definition) is 4. The molecule has 0 radical (unpaired) electrons. The molecule has 2 aromatic carbocycles. The molecular formula is C18H17ClN2O4. The van der Waals surface area contributed by atoms with E-state index < -0.39 is 5.91 Å². The summed E-state index contributed by atoms with van der Waals surface area (Å²) < 4.78 is 10.9. The molecule has 25 heavy (non-hydrogen) atoms. The minimum Gasteiger partial charge on any atom is -0.486 e. The van der Waals surface area contributed by atoms with Crippen molar-refractivity contribution in [2.75, 3.05) is 32.6 Å². The van der Waals surface area contributed by atoms with Crippen LogP contribution < -0.4 is 14.8 Å². The fourth-order valence-electron chi connectivity index (χ4n) is 2.45. The van der Waals surface area contributed by atoms with Gasteiger partial charge in [0.2, 0.25) is 0 Å². The van der Waals surface area contributed by atoms with Gasteiger partial charge in [-0.2, -0.15) is 0 Å². The molecule has 0 aromatic heterocycles. The molecule has 130 valence electrons. The molecule has 2 aromatic rings. The number of carbonyl (C=O) groups excluding carboxylic acids is 2. The largest absolute Gasteiger partial charge is 0.486 e. The van der Waals surface area contributed by atoms with Gasteiger partial charge >= 0.3 is 0 Å². The van der Waals surface area contributed by atoms with E-state index in [-0.39, 0.29) is 16.5 Å². The van der Waals surface area contributed by atoms with Crippen molar-refractivity contribution in [3.05, 3.63) is 52.5 Å². The highest BCUT2D eigenvalue weighted by Crippen LogP contribution is 2.35. The van der Waals surface area contributed by atoms with Crippen molar-refractivity contribution >= 4 is 29.1 Å². The van der Waals surface area contributed by atoms with Crippen molar-refractivity contribution in [1.82, 2.24) is 4.90 Å². The van der Waals surface area contributed by atoms with Crippen LogP contribution in [0.15, 0.2) is 36.4 Å². The standard InChI is InChI=1S/C18H17ClN2O4/c1-21(2)18(23)11-5-3-4-6-14(11)20-17(22)12-9-15-16(10-13(12)19)25-8-7-24-15/h3-6,9-10H,7-8H2,1-2H3,(H,20,22). The van der Waals surface area contributed by atoms with Crippen LogP contribution in [0.2, 0.25) is 5.02 Å². The summed E-state index contributed by atoms with van der Waals surface area (Å²) in [5.74, 6) is 0.347. The summed E-state index contributed by atoms with van der Waals surface area (Å²) in [7, 11) is 3.30. The van der Waals surface area contributed by atoms with Gasteiger partial charge in [0.15, 0.2) is 11.5 Å². The second-order valence-corrected chi connectivity index (χ2v) is 6.08. The summed E-state index contributed by atoms with van der Waals surface area (Å²) in [6.45, 7) is 0.852. The summed E-state index contributed by atoms with van der Waals surface area (Å²) in [5.41, 5.74) is 1.06. The lowest BCUT2D eigenvalue weighted by atomic mass is 10.1. The number of nitrogens with one attached hydrogen (secondary N) is 1. The fraction of sp³-hybridized carbons (Fsp3) is 0.222. The maximum Gasteiger partial charge on any atom is 0.257 e. The molecule has 1 N–H and O–H groups in total. The van der Waals surface area contributed by atoms with Crippen LogP contribution in [0.1, 0.15) is 20.7 Å². The number of para-hydroxylation sites is 1. The third-order valence-corrected chi connectivity index (χ3v) is 4.00. The first kappa shape index (κ1) is 17.1. The number of carbonyl (C=O) groups is 2. The van der Waals surface area contributed by atoms with Crippen molar-refractivity contribution < 1.29 is 19.1 Å². The summed E-state index contributed by atoms with van der Waals surface area (Å²) in [5, 5.41) is 2.99. The molecule has 1 aliphatic rings. The molecule has 0 unspecified atom stereocenters. The molecule has 0 saturated carbocycles. The zero-order valence-electron chi connectivity index (χ0n) is 13.8. The highest BCUT2D eigenvalue weighted by atomic mass is 35.5. The Labute approximate surface area is 150 Å². The number of amides is 2. The van der Waals surface area contributed by atoms with Gasteiger partial charge in [-0.1, -0.05) is 23.7 Å². The Morgan fingerprint density at radius 3 is 2.36 bits per heavy atom. The second-order valence-electron chi connectivity index (χ2n) is 5.68. The monoisotopic (exact) mass is 360 g/mol. The topological polar surface area (TPSA) is 67.9 Å². The lowest BCUT2D eigenvalue weighted by Gasteiger charge is -2.20. The summed E-state index contributed by atoms with van der Waals surface area (Å²) >= 11 is 6.20. The van der Waals surface area contributed by atoms with Crippen LogP contribution >= 0.6 is 11.6 Å².